The van der Waals surface area contributed by atoms with Crippen LogP contribution < -0.4 is 0 Å². The summed E-state index contributed by atoms with van der Waals surface area (Å²) in [4.78, 5) is 11.6. The molecule has 0 aromatic rings. The van der Waals surface area contributed by atoms with Crippen LogP contribution in [0.3, 0.4) is 0 Å². The van der Waals surface area contributed by atoms with Gasteiger partial charge in [0.05, 0.1) is 0 Å². The third-order valence-electron chi connectivity index (χ3n) is 2.18. The maximum absolute atomic E-state index is 11.6. The van der Waals surface area contributed by atoms with Crippen LogP contribution in [0.1, 0.15) is 27.7 Å². The molecular formula is C18H24O. The average molecular weight is 256 g/mol. The van der Waals surface area contributed by atoms with Gasteiger partial charge in [-0.15, -0.1) is 0 Å². The molecule has 0 rings (SSSR count). The zero-order chi connectivity index (χ0) is 14.6. The molecule has 0 saturated carbocycles. The number of rotatable bonds is 6. The Hall–Kier alpha value is -1.89. The van der Waals surface area contributed by atoms with Gasteiger partial charge in [-0.2, -0.15) is 0 Å². The smallest absolute Gasteiger partial charge is 0.160 e. The van der Waals surface area contributed by atoms with Gasteiger partial charge in [-0.3, -0.25) is 4.79 Å². The molecular weight excluding hydrogens is 232 g/mol. The predicted octanol–water partition coefficient (Wildman–Crippen LogP) is 4.96. The molecule has 0 heterocycles. The Labute approximate surface area is 117 Å². The molecule has 0 aromatic heterocycles. The number of ketones is 1. The van der Waals surface area contributed by atoms with E-state index in [1.807, 2.05) is 88.5 Å². The summed E-state index contributed by atoms with van der Waals surface area (Å²) in [5, 5.41) is 0. The maximum Gasteiger partial charge on any atom is 0.160 e. The Morgan fingerprint density at radius 1 is 0.684 bits per heavy atom. The second kappa shape index (κ2) is 10.1. The largest absolute Gasteiger partial charge is 0.294 e. The minimum absolute atomic E-state index is 0.134. The van der Waals surface area contributed by atoms with E-state index in [1.54, 1.807) is 12.2 Å². The van der Waals surface area contributed by atoms with Gasteiger partial charge in [0.2, 0.25) is 0 Å². The summed E-state index contributed by atoms with van der Waals surface area (Å²) in [6, 6.07) is 0. The lowest BCUT2D eigenvalue weighted by Crippen LogP contribution is -2.17. The second-order valence-electron chi connectivity index (χ2n) is 5.04. The molecule has 0 aromatic carbocycles. The van der Waals surface area contributed by atoms with Gasteiger partial charge in [-0.1, -0.05) is 87.6 Å². The molecule has 0 spiro atoms. The summed E-state index contributed by atoms with van der Waals surface area (Å²) < 4.78 is 0. The van der Waals surface area contributed by atoms with Crippen molar-refractivity contribution >= 4 is 5.78 Å². The van der Waals surface area contributed by atoms with E-state index in [9.17, 15) is 4.79 Å². The molecule has 0 aliphatic carbocycles. The Morgan fingerprint density at radius 2 is 1.05 bits per heavy atom. The number of hydrogen-bond donors (Lipinski definition) is 0. The van der Waals surface area contributed by atoms with Crippen molar-refractivity contribution < 1.29 is 4.79 Å². The molecule has 0 bridgehead atoms. The number of allylic oxidation sites excluding steroid dienone is 12. The summed E-state index contributed by atoms with van der Waals surface area (Å²) in [6.45, 7) is 7.72. The molecule has 0 atom stereocenters. The summed E-state index contributed by atoms with van der Waals surface area (Å²) in [7, 11) is 0. The maximum atomic E-state index is 11.6. The van der Waals surface area contributed by atoms with Gasteiger partial charge in [-0.25, -0.2) is 0 Å². The molecule has 19 heavy (non-hydrogen) atoms. The topological polar surface area (TPSA) is 17.1 Å². The van der Waals surface area contributed by atoms with Gasteiger partial charge in [0, 0.05) is 5.41 Å². The molecule has 0 radical (unpaired) electrons. The second-order valence-corrected chi connectivity index (χ2v) is 5.04. The van der Waals surface area contributed by atoms with E-state index in [2.05, 4.69) is 0 Å². The lowest BCUT2D eigenvalue weighted by Gasteiger charge is -2.12. The van der Waals surface area contributed by atoms with Crippen LogP contribution in [-0.2, 0) is 4.79 Å². The third kappa shape index (κ3) is 11.0. The minimum Gasteiger partial charge on any atom is -0.294 e. The first kappa shape index (κ1) is 17.1. The van der Waals surface area contributed by atoms with Gasteiger partial charge < -0.3 is 0 Å². The Kier molecular flexibility index (Phi) is 9.07. The van der Waals surface area contributed by atoms with E-state index >= 15 is 0 Å². The van der Waals surface area contributed by atoms with Crippen molar-refractivity contribution in [3.63, 3.8) is 0 Å². The Balaban J connectivity index is 4.04. The van der Waals surface area contributed by atoms with E-state index in [-0.39, 0.29) is 11.2 Å². The van der Waals surface area contributed by atoms with E-state index in [0.717, 1.165) is 0 Å². The first-order valence-electron chi connectivity index (χ1n) is 6.49. The average Bonchev–Trinajstić information content (AvgIpc) is 2.34. The van der Waals surface area contributed by atoms with Crippen LogP contribution >= 0.6 is 0 Å². The van der Waals surface area contributed by atoms with Crippen molar-refractivity contribution in [1.82, 2.24) is 0 Å². The van der Waals surface area contributed by atoms with Crippen molar-refractivity contribution in [2.24, 2.45) is 5.41 Å². The fraction of sp³-hybridized carbons (Fsp3) is 0.278. The molecule has 1 nitrogen and oxygen atoms in total. The molecule has 0 fully saturated rings. The monoisotopic (exact) mass is 256 g/mol. The molecule has 0 saturated heterocycles. The predicted molar refractivity (Wildman–Crippen MR) is 85.0 cm³/mol. The van der Waals surface area contributed by atoms with E-state index < -0.39 is 0 Å². The first-order chi connectivity index (χ1) is 8.98. The van der Waals surface area contributed by atoms with Crippen molar-refractivity contribution in [3.8, 4) is 0 Å². The van der Waals surface area contributed by atoms with Crippen LogP contribution in [0, 0.1) is 5.41 Å². The van der Waals surface area contributed by atoms with Crippen LogP contribution in [0.25, 0.3) is 0 Å². The minimum atomic E-state index is -0.303. The third-order valence-corrected chi connectivity index (χ3v) is 2.18. The molecule has 0 unspecified atom stereocenters. The van der Waals surface area contributed by atoms with Gasteiger partial charge in [0.25, 0.3) is 0 Å². The summed E-state index contributed by atoms with van der Waals surface area (Å²) in [5.74, 6) is 0.134. The highest BCUT2D eigenvalue weighted by Gasteiger charge is 2.17. The van der Waals surface area contributed by atoms with Crippen LogP contribution in [0.15, 0.2) is 72.9 Å². The molecule has 102 valence electrons. The van der Waals surface area contributed by atoms with Crippen molar-refractivity contribution in [3.05, 3.63) is 72.9 Å². The molecule has 0 N–H and O–H groups in total. The molecule has 0 aliphatic heterocycles. The van der Waals surface area contributed by atoms with Crippen molar-refractivity contribution in [1.29, 1.82) is 0 Å². The first-order valence-corrected chi connectivity index (χ1v) is 6.49. The van der Waals surface area contributed by atoms with Crippen molar-refractivity contribution in [2.45, 2.75) is 27.7 Å². The summed E-state index contributed by atoms with van der Waals surface area (Å²) in [6.07, 6.45) is 22.8. The van der Waals surface area contributed by atoms with Crippen LogP contribution in [-0.4, -0.2) is 5.78 Å². The molecule has 0 aliphatic rings. The Morgan fingerprint density at radius 3 is 1.42 bits per heavy atom. The highest BCUT2D eigenvalue weighted by atomic mass is 16.1. The van der Waals surface area contributed by atoms with E-state index in [0.29, 0.717) is 0 Å². The standard InChI is InChI=1S/C18H24O/c1-5-6-7-8-9-10-11-12-13-14-15-16-17(19)18(2,3)4/h5-16H,1-4H3. The van der Waals surface area contributed by atoms with Crippen molar-refractivity contribution in [2.75, 3.05) is 0 Å². The number of hydrogen-bond acceptors (Lipinski definition) is 1. The lowest BCUT2D eigenvalue weighted by molar-refractivity contribution is -0.121. The lowest BCUT2D eigenvalue weighted by atomic mass is 9.91. The van der Waals surface area contributed by atoms with Gasteiger partial charge in [0.15, 0.2) is 5.78 Å². The fourth-order valence-electron chi connectivity index (χ4n) is 1.02. The molecule has 1 heteroatoms. The molecule has 0 amide bonds. The van der Waals surface area contributed by atoms with Crippen LogP contribution in [0.4, 0.5) is 0 Å². The quantitative estimate of drug-likeness (QED) is 0.485. The fourth-order valence-corrected chi connectivity index (χ4v) is 1.02. The zero-order valence-electron chi connectivity index (χ0n) is 12.3. The SMILES string of the molecule is CC=CC=CC=CC=CC=CC=CC(=O)C(C)(C)C. The van der Waals surface area contributed by atoms with E-state index in [4.69, 9.17) is 0 Å². The normalized spacial score (nSPS) is 14.3. The summed E-state index contributed by atoms with van der Waals surface area (Å²) in [5.41, 5.74) is -0.303. The van der Waals surface area contributed by atoms with Gasteiger partial charge in [-0.05, 0) is 13.0 Å². The van der Waals surface area contributed by atoms with Crippen LogP contribution in [0.5, 0.6) is 0 Å². The van der Waals surface area contributed by atoms with E-state index in [1.165, 1.54) is 0 Å². The number of carbonyl (C=O) groups excluding carboxylic acids is 1. The highest BCUT2D eigenvalue weighted by molar-refractivity contribution is 5.94. The van der Waals surface area contributed by atoms with Crippen LogP contribution in [0.2, 0.25) is 0 Å². The van der Waals surface area contributed by atoms with Gasteiger partial charge in [0.1, 0.15) is 0 Å². The highest BCUT2D eigenvalue weighted by Crippen LogP contribution is 2.14. The zero-order valence-corrected chi connectivity index (χ0v) is 12.3. The summed E-state index contributed by atoms with van der Waals surface area (Å²) >= 11 is 0. The number of carbonyl (C=O) groups is 1. The van der Waals surface area contributed by atoms with Gasteiger partial charge >= 0.3 is 0 Å². The Bertz CT molecular complexity index is 421.